The normalized spacial score (nSPS) is 10.3. The third-order valence-electron chi connectivity index (χ3n) is 1.96. The summed E-state index contributed by atoms with van der Waals surface area (Å²) in [5.41, 5.74) is 0.0833. The van der Waals surface area contributed by atoms with Crippen molar-refractivity contribution in [2.24, 2.45) is 0 Å². The van der Waals surface area contributed by atoms with Crippen LogP contribution >= 0.6 is 0 Å². The van der Waals surface area contributed by atoms with Crippen LogP contribution in [0.5, 0.6) is 0 Å². The zero-order valence-electron chi connectivity index (χ0n) is 7.46. The molecule has 5 heteroatoms. The third-order valence-corrected chi connectivity index (χ3v) is 1.96. The fraction of sp³-hybridized carbons (Fsp3) is 0.333. The largest absolute Gasteiger partial charge is 0.392 e. The van der Waals surface area contributed by atoms with Crippen LogP contribution in [0.25, 0.3) is 0 Å². The lowest BCUT2D eigenvalue weighted by molar-refractivity contribution is 0.145. The maximum absolute atomic E-state index is 12.4. The van der Waals surface area contributed by atoms with Crippen molar-refractivity contribution in [1.29, 1.82) is 5.26 Å². The molecule has 0 radical (unpaired) electrons. The summed E-state index contributed by atoms with van der Waals surface area (Å²) in [4.78, 5) is 3.45. The fourth-order valence-electron chi connectivity index (χ4n) is 1.13. The van der Waals surface area contributed by atoms with Crippen molar-refractivity contribution in [3.8, 4) is 6.07 Å². The highest BCUT2D eigenvalue weighted by atomic mass is 19.3. The van der Waals surface area contributed by atoms with Gasteiger partial charge in [-0.05, 0) is 12.5 Å². The van der Waals surface area contributed by atoms with Gasteiger partial charge in [-0.1, -0.05) is 0 Å². The molecule has 74 valence electrons. The monoisotopic (exact) mass is 198 g/mol. The van der Waals surface area contributed by atoms with Crippen LogP contribution in [0.2, 0.25) is 0 Å². The average molecular weight is 198 g/mol. The summed E-state index contributed by atoms with van der Waals surface area (Å²) in [5.74, 6) is 0. The zero-order valence-corrected chi connectivity index (χ0v) is 7.46. The molecule has 3 nitrogen and oxygen atoms in total. The first-order valence-electron chi connectivity index (χ1n) is 3.89. The van der Waals surface area contributed by atoms with Crippen LogP contribution in [0, 0.1) is 18.3 Å². The first-order valence-corrected chi connectivity index (χ1v) is 3.89. The number of aliphatic hydroxyl groups is 1. The highest BCUT2D eigenvalue weighted by Crippen LogP contribution is 2.24. The predicted molar refractivity (Wildman–Crippen MR) is 44.6 cm³/mol. The number of halogens is 2. The van der Waals surface area contributed by atoms with Gasteiger partial charge in [0.2, 0.25) is 0 Å². The Morgan fingerprint density at radius 3 is 2.71 bits per heavy atom. The number of alkyl halides is 2. The maximum atomic E-state index is 12.4. The molecule has 0 saturated carbocycles. The molecule has 0 spiro atoms. The number of nitriles is 1. The molecule has 1 aromatic heterocycles. The van der Waals surface area contributed by atoms with Crippen molar-refractivity contribution in [2.75, 3.05) is 0 Å². The van der Waals surface area contributed by atoms with Crippen molar-refractivity contribution in [1.82, 2.24) is 4.98 Å². The van der Waals surface area contributed by atoms with Gasteiger partial charge in [-0.2, -0.15) is 5.26 Å². The van der Waals surface area contributed by atoms with Crippen LogP contribution in [0.4, 0.5) is 8.78 Å². The Labute approximate surface area is 79.6 Å². The van der Waals surface area contributed by atoms with Crippen molar-refractivity contribution in [3.05, 3.63) is 28.6 Å². The van der Waals surface area contributed by atoms with E-state index < -0.39 is 12.1 Å². The van der Waals surface area contributed by atoms with E-state index in [-0.39, 0.29) is 12.2 Å². The second-order valence-electron chi connectivity index (χ2n) is 2.74. The quantitative estimate of drug-likeness (QED) is 0.786. The number of rotatable bonds is 2. The van der Waals surface area contributed by atoms with Crippen LogP contribution in [0.3, 0.4) is 0 Å². The molecule has 0 bridgehead atoms. The van der Waals surface area contributed by atoms with E-state index in [1.54, 1.807) is 6.07 Å². The standard InChI is InChI=1S/C9H8F2N2O/c1-5-6(4-14)3-13-8(9(10)11)7(5)2-12/h3,9,14H,4H2,1H3. The number of nitrogens with zero attached hydrogens (tertiary/aromatic N) is 2. The van der Waals surface area contributed by atoms with E-state index in [1.165, 1.54) is 6.92 Å². The van der Waals surface area contributed by atoms with Gasteiger partial charge in [-0.25, -0.2) is 8.78 Å². The van der Waals surface area contributed by atoms with E-state index in [4.69, 9.17) is 10.4 Å². The topological polar surface area (TPSA) is 56.9 Å². The minimum atomic E-state index is -2.77. The van der Waals surface area contributed by atoms with Crippen LogP contribution in [-0.2, 0) is 6.61 Å². The summed E-state index contributed by atoms with van der Waals surface area (Å²) in [5, 5.41) is 17.5. The Morgan fingerprint density at radius 2 is 2.29 bits per heavy atom. The highest BCUT2D eigenvalue weighted by Gasteiger charge is 2.18. The number of hydrogen-bond donors (Lipinski definition) is 1. The number of aliphatic hydroxyl groups excluding tert-OH is 1. The SMILES string of the molecule is Cc1c(CO)cnc(C(F)F)c1C#N. The zero-order chi connectivity index (χ0) is 10.7. The van der Waals surface area contributed by atoms with E-state index in [0.29, 0.717) is 11.1 Å². The van der Waals surface area contributed by atoms with Crippen molar-refractivity contribution in [2.45, 2.75) is 20.0 Å². The van der Waals surface area contributed by atoms with Gasteiger partial charge in [-0.3, -0.25) is 4.98 Å². The highest BCUT2D eigenvalue weighted by molar-refractivity contribution is 5.44. The van der Waals surface area contributed by atoms with E-state index >= 15 is 0 Å². The molecule has 0 amide bonds. The predicted octanol–water partition coefficient (Wildman–Crippen LogP) is 1.69. The summed E-state index contributed by atoms with van der Waals surface area (Å²) in [7, 11) is 0. The second kappa shape index (κ2) is 4.11. The van der Waals surface area contributed by atoms with Crippen LogP contribution in [0.1, 0.15) is 28.8 Å². The van der Waals surface area contributed by atoms with Crippen LogP contribution in [-0.4, -0.2) is 10.1 Å². The fourth-order valence-corrected chi connectivity index (χ4v) is 1.13. The van der Waals surface area contributed by atoms with Gasteiger partial charge in [0.15, 0.2) is 0 Å². The summed E-state index contributed by atoms with van der Waals surface area (Å²) in [6, 6.07) is 1.67. The van der Waals surface area contributed by atoms with Gasteiger partial charge in [-0.15, -0.1) is 0 Å². The third kappa shape index (κ3) is 1.70. The molecule has 1 heterocycles. The smallest absolute Gasteiger partial charge is 0.281 e. The van der Waals surface area contributed by atoms with Crippen molar-refractivity contribution in [3.63, 3.8) is 0 Å². The molecule has 1 rings (SSSR count). The Balaban J connectivity index is 3.38. The van der Waals surface area contributed by atoms with E-state index in [1.807, 2.05) is 0 Å². The molecular formula is C9H8F2N2O. The van der Waals surface area contributed by atoms with E-state index in [9.17, 15) is 8.78 Å². The van der Waals surface area contributed by atoms with Gasteiger partial charge in [0.1, 0.15) is 11.8 Å². The molecule has 0 aliphatic rings. The molecule has 1 N–H and O–H groups in total. The average Bonchev–Trinajstić information content (AvgIpc) is 2.17. The minimum absolute atomic E-state index is 0.147. The van der Waals surface area contributed by atoms with Crippen LogP contribution in [0.15, 0.2) is 6.20 Å². The molecule has 0 unspecified atom stereocenters. The molecule has 0 aliphatic carbocycles. The summed E-state index contributed by atoms with van der Waals surface area (Å²) < 4.78 is 24.7. The Bertz CT molecular complexity index is 385. The van der Waals surface area contributed by atoms with Gasteiger partial charge in [0.05, 0.1) is 12.2 Å². The summed E-state index contributed by atoms with van der Waals surface area (Å²) in [6.07, 6.45) is -1.60. The Morgan fingerprint density at radius 1 is 1.64 bits per heavy atom. The molecule has 0 atom stereocenters. The lowest BCUT2D eigenvalue weighted by atomic mass is 10.0. The van der Waals surface area contributed by atoms with Gasteiger partial charge in [0.25, 0.3) is 6.43 Å². The first-order chi connectivity index (χ1) is 6.61. The van der Waals surface area contributed by atoms with Crippen molar-refractivity contribution >= 4 is 0 Å². The molecule has 1 aromatic rings. The lowest BCUT2D eigenvalue weighted by Gasteiger charge is -2.07. The number of aromatic nitrogens is 1. The molecule has 0 fully saturated rings. The van der Waals surface area contributed by atoms with Crippen molar-refractivity contribution < 1.29 is 13.9 Å². The van der Waals surface area contributed by atoms with Gasteiger partial charge >= 0.3 is 0 Å². The number of pyridine rings is 1. The molecular weight excluding hydrogens is 190 g/mol. The lowest BCUT2D eigenvalue weighted by Crippen LogP contribution is -2.02. The maximum Gasteiger partial charge on any atom is 0.281 e. The van der Waals surface area contributed by atoms with Gasteiger partial charge < -0.3 is 5.11 Å². The molecule has 0 saturated heterocycles. The Hall–Kier alpha value is -1.54. The van der Waals surface area contributed by atoms with E-state index in [0.717, 1.165) is 6.20 Å². The Kier molecular flexibility index (Phi) is 3.10. The molecule has 0 aromatic carbocycles. The van der Waals surface area contributed by atoms with Crippen LogP contribution < -0.4 is 0 Å². The number of hydrogen-bond acceptors (Lipinski definition) is 3. The minimum Gasteiger partial charge on any atom is -0.392 e. The van der Waals surface area contributed by atoms with Gasteiger partial charge in [0, 0.05) is 11.8 Å². The second-order valence-corrected chi connectivity index (χ2v) is 2.74. The molecule has 0 aliphatic heterocycles. The van der Waals surface area contributed by atoms with E-state index in [2.05, 4.69) is 4.98 Å². The summed E-state index contributed by atoms with van der Waals surface area (Å²) in [6.45, 7) is 1.20. The summed E-state index contributed by atoms with van der Waals surface area (Å²) >= 11 is 0. The first kappa shape index (κ1) is 10.5. The molecule has 14 heavy (non-hydrogen) atoms.